The molecule has 8 nitrogen and oxygen atoms in total. The summed E-state index contributed by atoms with van der Waals surface area (Å²) in [7, 11) is 0. The number of hydrogen-bond acceptors (Lipinski definition) is 5. The highest BCUT2D eigenvalue weighted by Gasteiger charge is 2.36. The Balaban J connectivity index is 1.38. The van der Waals surface area contributed by atoms with Crippen molar-refractivity contribution in [3.8, 4) is 0 Å². The molecule has 0 spiro atoms. The lowest BCUT2D eigenvalue weighted by Crippen LogP contribution is -2.41. The van der Waals surface area contributed by atoms with Gasteiger partial charge in [0.05, 0.1) is 29.4 Å². The number of piperidine rings is 1. The molecule has 3 N–H and O–H groups in total. The van der Waals surface area contributed by atoms with Gasteiger partial charge in [-0.1, -0.05) is 0 Å². The summed E-state index contributed by atoms with van der Waals surface area (Å²) < 4.78 is 27.2. The van der Waals surface area contributed by atoms with E-state index in [1.165, 1.54) is 12.3 Å². The molecule has 2 atom stereocenters. The summed E-state index contributed by atoms with van der Waals surface area (Å²) in [5, 5.41) is 2.73. The van der Waals surface area contributed by atoms with Crippen LogP contribution in [0, 0.1) is 23.5 Å². The number of hydrogen-bond donors (Lipinski definition) is 2. The largest absolute Gasteiger partial charge is 0.369 e. The summed E-state index contributed by atoms with van der Waals surface area (Å²) in [6, 6.07) is 6.41. The Bertz CT molecular complexity index is 1050. The van der Waals surface area contributed by atoms with Gasteiger partial charge in [-0.05, 0) is 37.1 Å². The van der Waals surface area contributed by atoms with Gasteiger partial charge in [0.1, 0.15) is 17.5 Å². The van der Waals surface area contributed by atoms with E-state index in [1.54, 1.807) is 12.1 Å². The Morgan fingerprint density at radius 2 is 1.94 bits per heavy atom. The van der Waals surface area contributed by atoms with E-state index >= 15 is 0 Å². The highest BCUT2D eigenvalue weighted by atomic mass is 19.1. The van der Waals surface area contributed by atoms with Crippen LogP contribution in [-0.4, -0.2) is 42.3 Å². The molecule has 2 saturated heterocycles. The molecule has 0 bridgehead atoms. The highest BCUT2D eigenvalue weighted by molar-refractivity contribution is 6.03. The van der Waals surface area contributed by atoms with E-state index in [9.17, 15) is 23.2 Å². The number of nitrogens with zero attached hydrogens (tertiary/aromatic N) is 3. The quantitative estimate of drug-likeness (QED) is 0.735. The summed E-state index contributed by atoms with van der Waals surface area (Å²) in [5.41, 5.74) is 5.83. The molecular formula is C22H23F2N5O3. The number of carbonyl (C=O) groups excluding carboxylic acids is 3. The molecular weight excluding hydrogens is 420 g/mol. The van der Waals surface area contributed by atoms with Gasteiger partial charge in [-0.25, -0.2) is 13.8 Å². The number of benzene rings is 1. The van der Waals surface area contributed by atoms with Crippen molar-refractivity contribution in [3.05, 3.63) is 48.2 Å². The third-order valence-electron chi connectivity index (χ3n) is 5.86. The first-order valence-corrected chi connectivity index (χ1v) is 10.4. The van der Waals surface area contributed by atoms with Crippen molar-refractivity contribution in [1.82, 2.24) is 4.98 Å². The molecule has 0 aliphatic carbocycles. The lowest BCUT2D eigenvalue weighted by Gasteiger charge is -2.32. The van der Waals surface area contributed by atoms with Crippen LogP contribution in [-0.2, 0) is 14.4 Å². The molecule has 3 heterocycles. The van der Waals surface area contributed by atoms with Gasteiger partial charge in [-0.15, -0.1) is 0 Å². The number of rotatable bonds is 5. The van der Waals surface area contributed by atoms with E-state index in [2.05, 4.69) is 10.3 Å². The number of pyridine rings is 1. The second kappa shape index (κ2) is 8.89. The van der Waals surface area contributed by atoms with Gasteiger partial charge < -0.3 is 20.9 Å². The van der Waals surface area contributed by atoms with Crippen molar-refractivity contribution >= 4 is 34.9 Å². The van der Waals surface area contributed by atoms with Crippen molar-refractivity contribution in [3.63, 3.8) is 0 Å². The van der Waals surface area contributed by atoms with E-state index < -0.39 is 23.5 Å². The average Bonchev–Trinajstić information content (AvgIpc) is 3.16. The van der Waals surface area contributed by atoms with Crippen LogP contribution in [0.5, 0.6) is 0 Å². The van der Waals surface area contributed by atoms with Crippen LogP contribution in [0.3, 0.4) is 0 Å². The van der Waals surface area contributed by atoms with Gasteiger partial charge >= 0.3 is 0 Å². The molecule has 2 aliphatic rings. The lowest BCUT2D eigenvalue weighted by molar-refractivity contribution is -0.122. The molecule has 1 aromatic carbocycles. The highest BCUT2D eigenvalue weighted by Crippen LogP contribution is 2.29. The SMILES string of the molecule is NC(=O)C1CCCN(c2ccc(NC(=O)C3CC(=O)N(c4ccc(F)cc4F)C3)cn2)C1. The third-order valence-corrected chi connectivity index (χ3v) is 5.86. The average molecular weight is 443 g/mol. The molecule has 2 fully saturated rings. The smallest absolute Gasteiger partial charge is 0.229 e. The molecule has 32 heavy (non-hydrogen) atoms. The van der Waals surface area contributed by atoms with E-state index in [-0.39, 0.29) is 36.4 Å². The predicted octanol–water partition coefficient (Wildman–Crippen LogP) is 2.05. The molecule has 2 aromatic rings. The summed E-state index contributed by atoms with van der Waals surface area (Å²) in [4.78, 5) is 43.9. The molecule has 0 radical (unpaired) electrons. The van der Waals surface area contributed by atoms with Gasteiger partial charge in [0, 0.05) is 32.1 Å². The zero-order chi connectivity index (χ0) is 22.8. The first-order valence-electron chi connectivity index (χ1n) is 10.4. The molecule has 168 valence electrons. The standard InChI is InChI=1S/C22H23F2N5O3/c23-15-3-5-18(17(24)9-15)29-12-14(8-20(29)30)22(32)27-16-4-6-19(26-10-16)28-7-1-2-13(11-28)21(25)31/h3-6,9-10,13-14H,1-2,7-8,11-12H2,(H2,25,31)(H,27,32). The zero-order valence-electron chi connectivity index (χ0n) is 17.3. The number of primary amides is 1. The normalized spacial score (nSPS) is 21.0. The number of carbonyl (C=O) groups is 3. The summed E-state index contributed by atoms with van der Waals surface area (Å²) >= 11 is 0. The second-order valence-electron chi connectivity index (χ2n) is 8.08. The van der Waals surface area contributed by atoms with Gasteiger partial charge in [0.25, 0.3) is 0 Å². The Morgan fingerprint density at radius 3 is 2.62 bits per heavy atom. The second-order valence-corrected chi connectivity index (χ2v) is 8.08. The fourth-order valence-corrected chi connectivity index (χ4v) is 4.13. The maximum absolute atomic E-state index is 14.0. The minimum atomic E-state index is -0.851. The fraction of sp³-hybridized carbons (Fsp3) is 0.364. The first kappa shape index (κ1) is 21.7. The summed E-state index contributed by atoms with van der Waals surface area (Å²) in [6.45, 7) is 1.28. The number of nitrogens with two attached hydrogens (primary N) is 1. The molecule has 4 rings (SSSR count). The first-order chi connectivity index (χ1) is 15.3. The van der Waals surface area contributed by atoms with Crippen LogP contribution in [0.4, 0.5) is 26.0 Å². The fourth-order valence-electron chi connectivity index (χ4n) is 4.13. The van der Waals surface area contributed by atoms with Crippen molar-refractivity contribution in [2.24, 2.45) is 17.6 Å². The van der Waals surface area contributed by atoms with Crippen LogP contribution < -0.4 is 20.9 Å². The maximum Gasteiger partial charge on any atom is 0.229 e. The minimum Gasteiger partial charge on any atom is -0.369 e. The van der Waals surface area contributed by atoms with E-state index in [1.807, 2.05) is 4.90 Å². The van der Waals surface area contributed by atoms with Crippen LogP contribution in [0.25, 0.3) is 0 Å². The van der Waals surface area contributed by atoms with Crippen LogP contribution >= 0.6 is 0 Å². The summed E-state index contributed by atoms with van der Waals surface area (Å²) in [6.07, 6.45) is 3.04. The molecule has 2 unspecified atom stereocenters. The van der Waals surface area contributed by atoms with Crippen LogP contribution in [0.1, 0.15) is 19.3 Å². The molecule has 10 heteroatoms. The minimum absolute atomic E-state index is 0.00101. The van der Waals surface area contributed by atoms with E-state index in [0.29, 0.717) is 24.1 Å². The topological polar surface area (TPSA) is 109 Å². The number of anilines is 3. The number of aromatic nitrogens is 1. The van der Waals surface area contributed by atoms with Crippen molar-refractivity contribution in [2.45, 2.75) is 19.3 Å². The van der Waals surface area contributed by atoms with Gasteiger partial charge in [0.15, 0.2) is 0 Å². The Hall–Kier alpha value is -3.56. The monoisotopic (exact) mass is 443 g/mol. The number of amides is 3. The van der Waals surface area contributed by atoms with E-state index in [0.717, 1.165) is 30.4 Å². The lowest BCUT2D eigenvalue weighted by atomic mass is 9.97. The molecule has 1 aromatic heterocycles. The van der Waals surface area contributed by atoms with Gasteiger partial charge in [-0.3, -0.25) is 14.4 Å². The van der Waals surface area contributed by atoms with Gasteiger partial charge in [0.2, 0.25) is 17.7 Å². The van der Waals surface area contributed by atoms with Crippen molar-refractivity contribution in [2.75, 3.05) is 34.8 Å². The zero-order valence-corrected chi connectivity index (χ0v) is 17.3. The van der Waals surface area contributed by atoms with Crippen LogP contribution in [0.2, 0.25) is 0 Å². The van der Waals surface area contributed by atoms with E-state index in [4.69, 9.17) is 5.73 Å². The summed E-state index contributed by atoms with van der Waals surface area (Å²) in [5.74, 6) is -2.90. The maximum atomic E-state index is 14.0. The Kier molecular flexibility index (Phi) is 6.02. The van der Waals surface area contributed by atoms with Crippen molar-refractivity contribution < 1.29 is 23.2 Å². The van der Waals surface area contributed by atoms with Crippen molar-refractivity contribution in [1.29, 1.82) is 0 Å². The third kappa shape index (κ3) is 4.53. The number of halogens is 2. The Morgan fingerprint density at radius 1 is 1.12 bits per heavy atom. The Labute approximate surface area is 183 Å². The number of nitrogens with one attached hydrogen (secondary N) is 1. The predicted molar refractivity (Wildman–Crippen MR) is 114 cm³/mol. The van der Waals surface area contributed by atoms with Gasteiger partial charge in [-0.2, -0.15) is 0 Å². The molecule has 2 aliphatic heterocycles. The molecule has 3 amide bonds. The van der Waals surface area contributed by atoms with Crippen LogP contribution in [0.15, 0.2) is 36.5 Å². The molecule has 0 saturated carbocycles.